The molecule has 3 saturated heterocycles. The van der Waals surface area contributed by atoms with Gasteiger partial charge in [-0.25, -0.2) is 22.8 Å². The van der Waals surface area contributed by atoms with Crippen LogP contribution in [0.25, 0.3) is 0 Å². The van der Waals surface area contributed by atoms with Crippen molar-refractivity contribution in [2.45, 2.75) is 148 Å². The Morgan fingerprint density at radius 2 is 1.45 bits per heavy atom. The zero-order valence-electron chi connectivity index (χ0n) is 52.8. The smallest absolute Gasteiger partial charge is 0.410 e. The van der Waals surface area contributed by atoms with Gasteiger partial charge in [0.2, 0.25) is 23.6 Å². The average Bonchev–Trinajstić information content (AvgIpc) is 1.64. The van der Waals surface area contributed by atoms with Gasteiger partial charge in [0, 0.05) is 89.0 Å². The van der Waals surface area contributed by atoms with Crippen LogP contribution < -0.4 is 20.9 Å². The highest BCUT2D eigenvalue weighted by Crippen LogP contribution is 2.44. The summed E-state index contributed by atoms with van der Waals surface area (Å²) in [4.78, 5) is 112. The number of nitrogens with one attached hydrogen (secondary N) is 3. The van der Waals surface area contributed by atoms with Gasteiger partial charge in [0.15, 0.2) is 0 Å². The van der Waals surface area contributed by atoms with Crippen LogP contribution in [0.2, 0.25) is 0 Å². The molecule has 0 aliphatic carbocycles. The van der Waals surface area contributed by atoms with Gasteiger partial charge in [0.05, 0.1) is 25.2 Å². The lowest BCUT2D eigenvalue weighted by Gasteiger charge is -2.47. The standard InChI is InChI=1S/C66H84F3N9O11/c1-39-32-75(48(34-74-25-28-87-37-40(74)2)35-76(39)63(85)89-65(7,8)9)36-54(79)78-38-66(10,50-22-17-43(30-53(50)78)29-42-15-19-46(67)20-16-42)61(83)70-47-21-18-45-33-77(57(49(45)31-47)59(81)72-56-51(68)13-12-14-52(56)69)60(82)55(44-23-26-86-27-24-44)71-58(80)41(3)73(11)62(84)88-64(4,5)6/h12-22,30-31,39-41,44,48,55,57H,23-29,32-38H2,1-11H3,(H,70,83)(H,71,80)(H,72,81)/t39-,40+,41-,48-,55-,57-,66-/m0/s1. The first-order valence-electron chi connectivity index (χ1n) is 30.6. The van der Waals surface area contributed by atoms with Crippen LogP contribution in [0.5, 0.6) is 0 Å². The number of fused-ring (bicyclic) bond motifs is 2. The number of ether oxygens (including phenoxy) is 4. The zero-order chi connectivity index (χ0) is 64.4. The molecule has 0 saturated carbocycles. The van der Waals surface area contributed by atoms with Crippen molar-refractivity contribution in [3.8, 4) is 0 Å². The van der Waals surface area contributed by atoms with Crippen LogP contribution in [0.1, 0.15) is 116 Å². The van der Waals surface area contributed by atoms with Crippen molar-refractivity contribution in [3.63, 3.8) is 0 Å². The van der Waals surface area contributed by atoms with Crippen molar-refractivity contribution in [2.24, 2.45) is 5.92 Å². The highest BCUT2D eigenvalue weighted by Gasteiger charge is 2.49. The van der Waals surface area contributed by atoms with E-state index in [1.807, 2.05) is 45.9 Å². The predicted octanol–water partition coefficient (Wildman–Crippen LogP) is 8.16. The quantitative estimate of drug-likeness (QED) is 0.103. The lowest BCUT2D eigenvalue weighted by Crippen LogP contribution is -2.64. The number of amides is 7. The minimum absolute atomic E-state index is 0.0588. The van der Waals surface area contributed by atoms with Gasteiger partial charge in [0.1, 0.15) is 52.5 Å². The molecule has 4 aromatic carbocycles. The first-order valence-corrected chi connectivity index (χ1v) is 30.6. The van der Waals surface area contributed by atoms with E-state index in [1.54, 1.807) is 61.8 Å². The molecule has 0 bridgehead atoms. The second kappa shape index (κ2) is 26.8. The molecule has 5 heterocycles. The van der Waals surface area contributed by atoms with Gasteiger partial charge < -0.3 is 49.6 Å². The molecule has 4 aromatic rings. The molecule has 0 aromatic heterocycles. The molecule has 20 nitrogen and oxygen atoms in total. The molecule has 5 aliphatic rings. The number of carbonyl (C=O) groups is 7. The number of halogens is 3. The second-order valence-corrected chi connectivity index (χ2v) is 26.5. The number of benzene rings is 4. The molecule has 9 rings (SSSR count). The number of nitrogens with zero attached hydrogens (tertiary/aromatic N) is 6. The topological polar surface area (TPSA) is 212 Å². The molecule has 480 valence electrons. The summed E-state index contributed by atoms with van der Waals surface area (Å²) in [5.41, 5.74) is -0.195. The van der Waals surface area contributed by atoms with E-state index in [1.165, 1.54) is 37.1 Å². The van der Waals surface area contributed by atoms with Crippen molar-refractivity contribution in [1.29, 1.82) is 0 Å². The predicted molar refractivity (Wildman–Crippen MR) is 327 cm³/mol. The van der Waals surface area contributed by atoms with Crippen LogP contribution >= 0.6 is 0 Å². The Kier molecular flexibility index (Phi) is 19.9. The Labute approximate surface area is 518 Å². The third-order valence-corrected chi connectivity index (χ3v) is 17.5. The van der Waals surface area contributed by atoms with Crippen molar-refractivity contribution in [2.75, 3.05) is 88.3 Å². The fraction of sp³-hybridized carbons (Fsp3) is 0.530. The largest absolute Gasteiger partial charge is 0.444 e. The lowest BCUT2D eigenvalue weighted by molar-refractivity contribution is -0.144. The molecule has 0 radical (unpaired) electrons. The molecular formula is C66H84F3N9O11. The summed E-state index contributed by atoms with van der Waals surface area (Å²) in [6.45, 7) is 20.9. The number of anilines is 3. The fourth-order valence-electron chi connectivity index (χ4n) is 12.4. The van der Waals surface area contributed by atoms with E-state index in [4.69, 9.17) is 18.9 Å². The highest BCUT2D eigenvalue weighted by molar-refractivity contribution is 6.07. The molecule has 89 heavy (non-hydrogen) atoms. The van der Waals surface area contributed by atoms with Crippen LogP contribution in [0.4, 0.5) is 39.8 Å². The molecule has 0 spiro atoms. The number of carbonyl (C=O) groups excluding carboxylic acids is 7. The van der Waals surface area contributed by atoms with E-state index in [2.05, 4.69) is 32.7 Å². The van der Waals surface area contributed by atoms with E-state index < -0.39 is 93.8 Å². The summed E-state index contributed by atoms with van der Waals surface area (Å²) in [5.74, 6) is -6.17. The Hall–Kier alpha value is -7.60. The van der Waals surface area contributed by atoms with E-state index in [-0.39, 0.29) is 73.9 Å². The number of morpholine rings is 1. The van der Waals surface area contributed by atoms with E-state index in [0.717, 1.165) is 34.2 Å². The Morgan fingerprint density at radius 1 is 0.775 bits per heavy atom. The van der Waals surface area contributed by atoms with E-state index >= 15 is 23.2 Å². The highest BCUT2D eigenvalue weighted by atomic mass is 19.1. The molecule has 5 aliphatic heterocycles. The minimum Gasteiger partial charge on any atom is -0.444 e. The van der Waals surface area contributed by atoms with Gasteiger partial charge >= 0.3 is 12.2 Å². The second-order valence-electron chi connectivity index (χ2n) is 26.5. The van der Waals surface area contributed by atoms with Crippen LogP contribution in [0, 0.1) is 23.4 Å². The van der Waals surface area contributed by atoms with E-state index in [0.29, 0.717) is 75.5 Å². The Morgan fingerprint density at radius 3 is 2.11 bits per heavy atom. The maximum Gasteiger partial charge on any atom is 0.410 e. The maximum atomic E-state index is 15.4. The van der Waals surface area contributed by atoms with Gasteiger partial charge in [0.25, 0.3) is 5.91 Å². The molecule has 3 N–H and O–H groups in total. The third-order valence-electron chi connectivity index (χ3n) is 17.5. The summed E-state index contributed by atoms with van der Waals surface area (Å²) >= 11 is 0. The van der Waals surface area contributed by atoms with Crippen LogP contribution in [0.15, 0.2) is 78.9 Å². The number of rotatable bonds is 15. The van der Waals surface area contributed by atoms with Crippen LogP contribution in [-0.4, -0.2) is 180 Å². The summed E-state index contributed by atoms with van der Waals surface area (Å²) in [6, 6.07) is 15.1. The van der Waals surface area contributed by atoms with Crippen LogP contribution in [0.3, 0.4) is 0 Å². The fourth-order valence-corrected chi connectivity index (χ4v) is 12.4. The number of hydrogen-bond acceptors (Lipinski definition) is 13. The number of para-hydroxylation sites is 1. The monoisotopic (exact) mass is 1240 g/mol. The maximum absolute atomic E-state index is 15.4. The zero-order valence-corrected chi connectivity index (χ0v) is 52.8. The van der Waals surface area contributed by atoms with Gasteiger partial charge in [-0.3, -0.25) is 38.7 Å². The SMILES string of the molecule is C[C@@H]1COCCN1C[C@H]1CN(C(=O)OC(C)(C)C)[C@@H](C)CN1CC(=O)N1C[C@](C)(C(=O)Nc2ccc3c(c2)[C@@H](C(=O)Nc2c(F)cccc2F)N(C(=O)[C@@H](NC(=O)[C@H](C)N(C)C(=O)OC(C)(C)C)C2CCOCC2)C3)c2ccc(Cc3ccc(F)cc3)cc21. The number of likely N-dealkylation sites (N-methyl/N-ethyl adjacent to an activating group) is 1. The van der Waals surface area contributed by atoms with E-state index in [9.17, 15) is 23.6 Å². The molecule has 7 amide bonds. The van der Waals surface area contributed by atoms with Crippen molar-refractivity contribution < 1.29 is 65.7 Å². The third kappa shape index (κ3) is 15.2. The number of piperazine rings is 1. The molecule has 23 heteroatoms. The van der Waals surface area contributed by atoms with Crippen molar-refractivity contribution >= 4 is 58.8 Å². The molecular weight excluding hydrogens is 1150 g/mol. The first-order chi connectivity index (χ1) is 42.0. The van der Waals surface area contributed by atoms with Gasteiger partial charge in [-0.1, -0.05) is 36.4 Å². The molecule has 7 atom stereocenters. The van der Waals surface area contributed by atoms with Gasteiger partial charge in [-0.05, 0) is 165 Å². The normalized spacial score (nSPS) is 22.3. The number of hydrogen-bond donors (Lipinski definition) is 3. The summed E-state index contributed by atoms with van der Waals surface area (Å²) < 4.78 is 67.5. The molecule has 3 fully saturated rings. The van der Waals surface area contributed by atoms with Crippen molar-refractivity contribution in [1.82, 2.24) is 29.8 Å². The Bertz CT molecular complexity index is 3300. The first kappa shape index (κ1) is 65.8. The van der Waals surface area contributed by atoms with Gasteiger partial charge in [-0.15, -0.1) is 0 Å². The van der Waals surface area contributed by atoms with Gasteiger partial charge in [-0.2, -0.15) is 0 Å². The van der Waals surface area contributed by atoms with Crippen LogP contribution in [-0.2, 0) is 61.3 Å². The summed E-state index contributed by atoms with van der Waals surface area (Å²) in [5, 5.41) is 8.30. The lowest BCUT2D eigenvalue weighted by atomic mass is 9.82. The average molecular weight is 1240 g/mol. The summed E-state index contributed by atoms with van der Waals surface area (Å²) in [6.07, 6.45) is -0.119. The summed E-state index contributed by atoms with van der Waals surface area (Å²) in [7, 11) is 1.40. The Balaban J connectivity index is 1.02. The minimum atomic E-state index is -1.56. The molecule has 0 unspecified atom stereocenters. The van der Waals surface area contributed by atoms with Crippen molar-refractivity contribution in [3.05, 3.63) is 124 Å².